The van der Waals surface area contributed by atoms with Gasteiger partial charge in [0.25, 0.3) is 0 Å². The van der Waals surface area contributed by atoms with Crippen molar-refractivity contribution in [2.45, 2.75) is 37.4 Å². The molecule has 1 aliphatic rings. The van der Waals surface area contributed by atoms with E-state index in [-0.39, 0.29) is 29.8 Å². The summed E-state index contributed by atoms with van der Waals surface area (Å²) in [6, 6.07) is 6.16. The van der Waals surface area contributed by atoms with E-state index < -0.39 is 15.6 Å². The van der Waals surface area contributed by atoms with E-state index in [1.54, 1.807) is 0 Å². The number of ether oxygens (including phenoxy) is 1. The van der Waals surface area contributed by atoms with Crippen LogP contribution in [0.2, 0.25) is 0 Å². The highest BCUT2D eigenvalue weighted by Crippen LogP contribution is 2.29. The number of nitrogens with zero attached hydrogens (tertiary/aromatic N) is 2. The molecule has 21 heavy (non-hydrogen) atoms. The second-order valence-corrected chi connectivity index (χ2v) is 7.76. The summed E-state index contributed by atoms with van der Waals surface area (Å²) in [5, 5.41) is 8.83. The van der Waals surface area contributed by atoms with E-state index in [0.717, 1.165) is 0 Å². The third kappa shape index (κ3) is 3.18. The van der Waals surface area contributed by atoms with Crippen molar-refractivity contribution in [3.8, 4) is 6.07 Å². The predicted molar refractivity (Wildman–Crippen MR) is 79.0 cm³/mol. The molecule has 0 spiro atoms. The summed E-state index contributed by atoms with van der Waals surface area (Å²) >= 11 is 0. The van der Waals surface area contributed by atoms with Gasteiger partial charge in [0.1, 0.15) is 4.90 Å². The molecule has 0 saturated carbocycles. The van der Waals surface area contributed by atoms with Crippen LogP contribution < -0.4 is 5.73 Å². The monoisotopic (exact) mass is 309 g/mol. The van der Waals surface area contributed by atoms with E-state index in [9.17, 15) is 8.42 Å². The van der Waals surface area contributed by atoms with Crippen molar-refractivity contribution in [1.29, 1.82) is 5.26 Å². The molecule has 1 aliphatic heterocycles. The van der Waals surface area contributed by atoms with Crippen molar-refractivity contribution < 1.29 is 13.2 Å². The lowest BCUT2D eigenvalue weighted by Crippen LogP contribution is -2.53. The van der Waals surface area contributed by atoms with Crippen molar-refractivity contribution in [2.24, 2.45) is 0 Å². The molecule has 1 aromatic carbocycles. The maximum atomic E-state index is 12.7. The third-order valence-electron chi connectivity index (χ3n) is 3.29. The van der Waals surface area contributed by atoms with Gasteiger partial charge in [-0.15, -0.1) is 0 Å². The number of benzene rings is 1. The summed E-state index contributed by atoms with van der Waals surface area (Å²) in [6.07, 6.45) is -0.192. The molecule has 1 heterocycles. The average Bonchev–Trinajstić information content (AvgIpc) is 2.35. The predicted octanol–water partition coefficient (Wildman–Crippen LogP) is 1.33. The zero-order chi connectivity index (χ0) is 15.8. The van der Waals surface area contributed by atoms with Crippen LogP contribution in [0.15, 0.2) is 23.1 Å². The van der Waals surface area contributed by atoms with Crippen molar-refractivity contribution >= 4 is 15.7 Å². The molecule has 1 aromatic rings. The van der Waals surface area contributed by atoms with Crippen LogP contribution in [0.3, 0.4) is 0 Å². The number of hydrogen-bond donors (Lipinski definition) is 1. The maximum Gasteiger partial charge on any atom is 0.245 e. The van der Waals surface area contributed by atoms with Crippen LogP contribution >= 0.6 is 0 Å². The van der Waals surface area contributed by atoms with Crippen LogP contribution in [0, 0.1) is 11.3 Å². The highest BCUT2D eigenvalue weighted by atomic mass is 32.2. The first-order valence-corrected chi connectivity index (χ1v) is 8.07. The van der Waals surface area contributed by atoms with Crippen LogP contribution in [-0.4, -0.2) is 37.5 Å². The molecule has 2 N–H and O–H groups in total. The number of sulfonamides is 1. The summed E-state index contributed by atoms with van der Waals surface area (Å²) in [6.45, 7) is 6.09. The summed E-state index contributed by atoms with van der Waals surface area (Å²) in [5.74, 6) is 0. The van der Waals surface area contributed by atoms with Gasteiger partial charge < -0.3 is 10.5 Å². The average molecular weight is 309 g/mol. The molecule has 0 bridgehead atoms. The van der Waals surface area contributed by atoms with Gasteiger partial charge in [0.15, 0.2) is 0 Å². The van der Waals surface area contributed by atoms with Crippen LogP contribution in [0.4, 0.5) is 5.69 Å². The largest absolute Gasteiger partial charge is 0.398 e. The molecular weight excluding hydrogens is 290 g/mol. The van der Waals surface area contributed by atoms with E-state index >= 15 is 0 Å². The zero-order valence-electron chi connectivity index (χ0n) is 12.3. The van der Waals surface area contributed by atoms with Gasteiger partial charge >= 0.3 is 0 Å². The molecule has 6 nitrogen and oxygen atoms in total. The molecule has 0 aromatic heterocycles. The molecule has 7 heteroatoms. The fourth-order valence-electron chi connectivity index (χ4n) is 2.57. The number of nitrogen functional groups attached to an aromatic ring is 1. The lowest BCUT2D eigenvalue weighted by molar-refractivity contribution is -0.109. The lowest BCUT2D eigenvalue weighted by Gasteiger charge is -2.41. The van der Waals surface area contributed by atoms with Crippen molar-refractivity contribution in [3.05, 3.63) is 23.8 Å². The fraction of sp³-hybridized carbons (Fsp3) is 0.500. The molecule has 1 fully saturated rings. The molecule has 0 amide bonds. The first-order valence-electron chi connectivity index (χ1n) is 6.63. The Morgan fingerprint density at radius 2 is 2.14 bits per heavy atom. The minimum atomic E-state index is -3.70. The molecule has 1 saturated heterocycles. The molecule has 0 radical (unpaired) electrons. The van der Waals surface area contributed by atoms with Gasteiger partial charge in [-0.2, -0.15) is 9.57 Å². The fourth-order valence-corrected chi connectivity index (χ4v) is 4.33. The number of hydrogen-bond acceptors (Lipinski definition) is 5. The minimum absolute atomic E-state index is 0.0337. The standard InChI is InChI=1S/C14H19N3O3S/c1-10-8-17(9-14(2,3)20-10)21(18,19)13-5-4-11(7-15)6-12(13)16/h4-6,10H,8-9,16H2,1-3H3. The first-order chi connectivity index (χ1) is 9.65. The summed E-state index contributed by atoms with van der Waals surface area (Å²) in [7, 11) is -3.70. The number of nitriles is 1. The van der Waals surface area contributed by atoms with E-state index in [0.29, 0.717) is 5.56 Å². The highest BCUT2D eigenvalue weighted by Gasteiger charge is 2.38. The molecule has 0 aliphatic carbocycles. The Morgan fingerprint density at radius 1 is 1.48 bits per heavy atom. The Labute approximate surface area is 125 Å². The van der Waals surface area contributed by atoms with Gasteiger partial charge in [-0.1, -0.05) is 0 Å². The minimum Gasteiger partial charge on any atom is -0.398 e. The number of morpholine rings is 1. The van der Waals surface area contributed by atoms with Crippen LogP contribution in [0.25, 0.3) is 0 Å². The van der Waals surface area contributed by atoms with Gasteiger partial charge in [-0.25, -0.2) is 8.42 Å². The summed E-state index contributed by atoms with van der Waals surface area (Å²) in [5.41, 5.74) is 5.68. The quantitative estimate of drug-likeness (QED) is 0.831. The van der Waals surface area contributed by atoms with E-state index in [1.807, 2.05) is 26.8 Å². The topological polar surface area (TPSA) is 96.4 Å². The van der Waals surface area contributed by atoms with Gasteiger partial charge in [0.05, 0.1) is 29.0 Å². The van der Waals surface area contributed by atoms with Crippen LogP contribution in [0.5, 0.6) is 0 Å². The van der Waals surface area contributed by atoms with Gasteiger partial charge in [0, 0.05) is 13.1 Å². The SMILES string of the molecule is CC1CN(S(=O)(=O)c2ccc(C#N)cc2N)CC(C)(C)O1. The second kappa shape index (κ2) is 5.30. The summed E-state index contributed by atoms with van der Waals surface area (Å²) in [4.78, 5) is 0.0337. The van der Waals surface area contributed by atoms with Gasteiger partial charge in [-0.3, -0.25) is 0 Å². The lowest BCUT2D eigenvalue weighted by atomic mass is 10.1. The third-order valence-corrected chi connectivity index (χ3v) is 5.18. The Hall–Kier alpha value is -1.62. The zero-order valence-corrected chi connectivity index (χ0v) is 13.1. The van der Waals surface area contributed by atoms with E-state index in [4.69, 9.17) is 15.7 Å². The van der Waals surface area contributed by atoms with Crippen molar-refractivity contribution in [2.75, 3.05) is 18.8 Å². The first kappa shape index (κ1) is 15.8. The van der Waals surface area contributed by atoms with E-state index in [2.05, 4.69) is 0 Å². The number of anilines is 1. The highest BCUT2D eigenvalue weighted by molar-refractivity contribution is 7.89. The normalized spacial score (nSPS) is 22.7. The van der Waals surface area contributed by atoms with Crippen molar-refractivity contribution in [3.63, 3.8) is 0 Å². The Bertz CT molecular complexity index is 692. The van der Waals surface area contributed by atoms with Crippen LogP contribution in [-0.2, 0) is 14.8 Å². The van der Waals surface area contributed by atoms with E-state index in [1.165, 1.54) is 22.5 Å². The Balaban J connectivity index is 2.41. The molecule has 114 valence electrons. The van der Waals surface area contributed by atoms with Gasteiger partial charge in [-0.05, 0) is 39.0 Å². The number of rotatable bonds is 2. The molecule has 2 rings (SSSR count). The van der Waals surface area contributed by atoms with Crippen LogP contribution in [0.1, 0.15) is 26.3 Å². The number of nitrogens with two attached hydrogens (primary N) is 1. The van der Waals surface area contributed by atoms with Crippen molar-refractivity contribution in [1.82, 2.24) is 4.31 Å². The smallest absolute Gasteiger partial charge is 0.245 e. The Morgan fingerprint density at radius 3 is 2.67 bits per heavy atom. The molecule has 1 unspecified atom stereocenters. The maximum absolute atomic E-state index is 12.7. The van der Waals surface area contributed by atoms with Gasteiger partial charge in [0.2, 0.25) is 10.0 Å². The Kier molecular flexibility index (Phi) is 3.97. The molecular formula is C14H19N3O3S. The second-order valence-electron chi connectivity index (χ2n) is 5.85. The molecule has 1 atom stereocenters. The summed E-state index contributed by atoms with van der Waals surface area (Å²) < 4.78 is 32.6.